The lowest BCUT2D eigenvalue weighted by Gasteiger charge is -1.50. The zero-order valence-corrected chi connectivity index (χ0v) is 7.89. The Hall–Kier alpha value is -2.30. The molecule has 0 atom stereocenters. The molecule has 5 nitrogen and oxygen atoms in total. The van der Waals surface area contributed by atoms with Gasteiger partial charge < -0.3 is 13.4 Å². The third-order valence-corrected chi connectivity index (χ3v) is 1.12. The van der Waals surface area contributed by atoms with Crippen LogP contribution in [-0.2, 0) is 0 Å². The molecule has 3 aromatic rings. The van der Waals surface area contributed by atoms with E-state index in [2.05, 4.69) is 23.5 Å². The van der Waals surface area contributed by atoms with Crippen molar-refractivity contribution in [1.29, 1.82) is 0 Å². The Labute approximate surface area is 86.3 Å². The van der Waals surface area contributed by atoms with Crippen LogP contribution in [-0.4, -0.2) is 10.1 Å². The molecule has 0 aliphatic heterocycles. The van der Waals surface area contributed by atoms with E-state index >= 15 is 0 Å². The first-order valence-electron chi connectivity index (χ1n) is 4.14. The molecule has 5 heteroatoms. The number of rotatable bonds is 0. The van der Waals surface area contributed by atoms with Crippen LogP contribution in [0.15, 0.2) is 75.4 Å². The molecule has 3 rings (SSSR count). The average Bonchev–Trinajstić information content (AvgIpc) is 3.09. The number of furan rings is 1. The summed E-state index contributed by atoms with van der Waals surface area (Å²) in [4.78, 5) is 3.56. The molecule has 15 heavy (non-hydrogen) atoms. The summed E-state index contributed by atoms with van der Waals surface area (Å²) >= 11 is 0. The van der Waals surface area contributed by atoms with Gasteiger partial charge >= 0.3 is 0 Å². The fourth-order valence-corrected chi connectivity index (χ4v) is 0.578. The zero-order chi connectivity index (χ0) is 10.6. The predicted molar refractivity (Wildman–Crippen MR) is 51.7 cm³/mol. The van der Waals surface area contributed by atoms with E-state index in [9.17, 15) is 0 Å². The fraction of sp³-hybridized carbons (Fsp3) is 0. The third-order valence-electron chi connectivity index (χ3n) is 1.12. The molecule has 0 aliphatic carbocycles. The maximum Gasteiger partial charge on any atom is 0.180 e. The fourth-order valence-electron chi connectivity index (χ4n) is 0.578. The van der Waals surface area contributed by atoms with Crippen LogP contribution in [0.4, 0.5) is 0 Å². The van der Waals surface area contributed by atoms with Gasteiger partial charge in [-0.15, -0.1) is 0 Å². The van der Waals surface area contributed by atoms with Crippen LogP contribution in [0.2, 0.25) is 0 Å². The van der Waals surface area contributed by atoms with Crippen molar-refractivity contribution in [3.63, 3.8) is 0 Å². The molecule has 0 radical (unpaired) electrons. The monoisotopic (exact) mass is 206 g/mol. The highest BCUT2D eigenvalue weighted by Gasteiger charge is 1.60. The van der Waals surface area contributed by atoms with Crippen LogP contribution in [0.5, 0.6) is 0 Å². The van der Waals surface area contributed by atoms with Gasteiger partial charge in [-0.2, -0.15) is 0 Å². The van der Waals surface area contributed by atoms with Crippen molar-refractivity contribution in [3.05, 3.63) is 62.0 Å². The minimum atomic E-state index is 1.38. The molecule has 0 spiro atoms. The first kappa shape index (κ1) is 10.8. The summed E-state index contributed by atoms with van der Waals surface area (Å²) in [6.45, 7) is 0. The van der Waals surface area contributed by atoms with Crippen molar-refractivity contribution in [1.82, 2.24) is 10.1 Å². The molecule has 0 saturated carbocycles. The van der Waals surface area contributed by atoms with Crippen LogP contribution in [0.1, 0.15) is 0 Å². The summed E-state index contributed by atoms with van der Waals surface area (Å²) in [7, 11) is 0. The first-order valence-corrected chi connectivity index (χ1v) is 4.14. The van der Waals surface area contributed by atoms with Gasteiger partial charge in [-0.3, -0.25) is 0 Å². The minimum absolute atomic E-state index is 1.38. The molecular formula is C10H10N2O3. The van der Waals surface area contributed by atoms with Crippen LogP contribution in [0, 0.1) is 0 Å². The lowest BCUT2D eigenvalue weighted by molar-refractivity contribution is 0.420. The lowest BCUT2D eigenvalue weighted by Crippen LogP contribution is -1.38. The first-order chi connectivity index (χ1) is 7.50. The van der Waals surface area contributed by atoms with E-state index in [1.165, 1.54) is 18.9 Å². The number of nitrogens with zero attached hydrogens (tertiary/aromatic N) is 2. The third kappa shape index (κ3) is 6.83. The van der Waals surface area contributed by atoms with Gasteiger partial charge in [-0.25, -0.2) is 4.98 Å². The van der Waals surface area contributed by atoms with Crippen molar-refractivity contribution < 1.29 is 13.4 Å². The van der Waals surface area contributed by atoms with Crippen LogP contribution in [0.3, 0.4) is 0 Å². The van der Waals surface area contributed by atoms with Crippen molar-refractivity contribution >= 4 is 0 Å². The smallest absolute Gasteiger partial charge is 0.180 e. The minimum Gasteiger partial charge on any atom is -0.473 e. The molecule has 0 aliphatic rings. The predicted octanol–water partition coefficient (Wildman–Crippen LogP) is 2.63. The molecule has 3 aromatic heterocycles. The SMILES string of the molecule is c1ccoc1.c1cnoc1.c1cocn1. The summed E-state index contributed by atoms with van der Waals surface area (Å²) in [5.74, 6) is 0. The molecule has 0 saturated heterocycles. The highest BCUT2D eigenvalue weighted by atomic mass is 16.5. The topological polar surface area (TPSA) is 65.2 Å². The highest BCUT2D eigenvalue weighted by Crippen LogP contribution is 1.79. The number of aromatic nitrogens is 2. The van der Waals surface area contributed by atoms with E-state index < -0.39 is 0 Å². The molecule has 0 bridgehead atoms. The van der Waals surface area contributed by atoms with Gasteiger partial charge in [0.25, 0.3) is 0 Å². The van der Waals surface area contributed by atoms with Crippen molar-refractivity contribution in [2.75, 3.05) is 0 Å². The summed E-state index contributed by atoms with van der Waals surface area (Å²) in [6.07, 6.45) is 10.8. The van der Waals surface area contributed by atoms with E-state index in [1.807, 2.05) is 12.1 Å². The Kier molecular flexibility index (Phi) is 5.97. The van der Waals surface area contributed by atoms with Gasteiger partial charge in [-0.1, -0.05) is 5.16 Å². The Morgan fingerprint density at radius 3 is 1.80 bits per heavy atom. The molecule has 0 aromatic carbocycles. The van der Waals surface area contributed by atoms with E-state index in [0.29, 0.717) is 0 Å². The van der Waals surface area contributed by atoms with Gasteiger partial charge in [0.05, 0.1) is 24.9 Å². The van der Waals surface area contributed by atoms with Crippen molar-refractivity contribution in [2.24, 2.45) is 0 Å². The van der Waals surface area contributed by atoms with Gasteiger partial charge in [0.1, 0.15) is 12.5 Å². The normalized spacial score (nSPS) is 8.00. The average molecular weight is 206 g/mol. The molecule has 78 valence electrons. The molecular weight excluding hydrogens is 196 g/mol. The number of hydrogen-bond acceptors (Lipinski definition) is 5. The van der Waals surface area contributed by atoms with Crippen LogP contribution < -0.4 is 0 Å². The quantitative estimate of drug-likeness (QED) is 0.565. The zero-order valence-electron chi connectivity index (χ0n) is 7.89. The maximum atomic E-state index is 4.58. The molecule has 3 heterocycles. The van der Waals surface area contributed by atoms with E-state index in [-0.39, 0.29) is 0 Å². The standard InChI is InChI=1S/C4H4O.2C3H3NO/c1-2-4-5-3-1;1-2-5-3-4-1;1-2-4-5-3-1/h1-4H;2*1-3H. The maximum absolute atomic E-state index is 4.58. The molecule has 0 amide bonds. The second-order valence-corrected chi connectivity index (χ2v) is 2.16. The largest absolute Gasteiger partial charge is 0.473 e. The molecule has 0 unspecified atom stereocenters. The van der Waals surface area contributed by atoms with Gasteiger partial charge in [-0.05, 0) is 18.2 Å². The second kappa shape index (κ2) is 8.31. The van der Waals surface area contributed by atoms with Crippen LogP contribution in [0.25, 0.3) is 0 Å². The molecule has 0 N–H and O–H groups in total. The Morgan fingerprint density at radius 2 is 1.60 bits per heavy atom. The van der Waals surface area contributed by atoms with Crippen molar-refractivity contribution in [2.45, 2.75) is 0 Å². The van der Waals surface area contributed by atoms with Gasteiger partial charge in [0.15, 0.2) is 6.39 Å². The van der Waals surface area contributed by atoms with E-state index in [1.54, 1.807) is 31.0 Å². The van der Waals surface area contributed by atoms with E-state index in [0.717, 1.165) is 0 Å². The Morgan fingerprint density at radius 1 is 0.733 bits per heavy atom. The second-order valence-electron chi connectivity index (χ2n) is 2.16. The number of hydrogen-bond donors (Lipinski definition) is 0. The highest BCUT2D eigenvalue weighted by molar-refractivity contribution is 4.79. The van der Waals surface area contributed by atoms with Gasteiger partial charge in [0, 0.05) is 0 Å². The van der Waals surface area contributed by atoms with E-state index in [4.69, 9.17) is 0 Å². The summed E-state index contributed by atoms with van der Waals surface area (Å²) in [6, 6.07) is 5.39. The number of oxazole rings is 1. The Balaban J connectivity index is 0.000000112. The molecule has 0 fully saturated rings. The lowest BCUT2D eigenvalue weighted by atomic mass is 10.7. The Bertz CT molecular complexity index is 251. The van der Waals surface area contributed by atoms with Crippen molar-refractivity contribution in [3.8, 4) is 0 Å². The summed E-state index contributed by atoms with van der Waals surface area (Å²) in [5, 5.41) is 3.35. The van der Waals surface area contributed by atoms with Crippen LogP contribution >= 0.6 is 0 Å². The summed E-state index contributed by atoms with van der Waals surface area (Å²) in [5.41, 5.74) is 0. The summed E-state index contributed by atoms with van der Waals surface area (Å²) < 4.78 is 13.4. The van der Waals surface area contributed by atoms with Gasteiger partial charge in [0.2, 0.25) is 0 Å².